The van der Waals surface area contributed by atoms with Crippen LogP contribution in [0.2, 0.25) is 0 Å². The van der Waals surface area contributed by atoms with Crippen LogP contribution in [-0.2, 0) is 6.54 Å². The number of carbonyl (C=O) groups is 1. The minimum atomic E-state index is -0.962. The molecule has 2 rings (SSSR count). The lowest BCUT2D eigenvalue weighted by molar-refractivity contribution is 0.0690. The molecule has 0 amide bonds. The zero-order chi connectivity index (χ0) is 13.8. The fourth-order valence-electron chi connectivity index (χ4n) is 2.31. The van der Waals surface area contributed by atoms with Crippen molar-refractivity contribution in [1.29, 1.82) is 0 Å². The van der Waals surface area contributed by atoms with E-state index >= 15 is 0 Å². The van der Waals surface area contributed by atoms with E-state index in [4.69, 9.17) is 5.11 Å². The number of carboxylic acid groups (broad SMARTS) is 1. The molecule has 1 fully saturated rings. The van der Waals surface area contributed by atoms with Gasteiger partial charge in [-0.2, -0.15) is 0 Å². The van der Waals surface area contributed by atoms with Crippen molar-refractivity contribution in [2.45, 2.75) is 26.4 Å². The van der Waals surface area contributed by atoms with Crippen molar-refractivity contribution in [3.63, 3.8) is 0 Å². The van der Waals surface area contributed by atoms with Crippen molar-refractivity contribution in [3.05, 3.63) is 23.8 Å². The largest absolute Gasteiger partial charge is 0.478 e. The van der Waals surface area contributed by atoms with E-state index in [-0.39, 0.29) is 5.56 Å². The molecule has 0 atom stereocenters. The molecule has 0 aromatic carbocycles. The van der Waals surface area contributed by atoms with E-state index in [1.807, 2.05) is 0 Å². The summed E-state index contributed by atoms with van der Waals surface area (Å²) in [4.78, 5) is 23.6. The van der Waals surface area contributed by atoms with E-state index in [9.17, 15) is 4.79 Å². The maximum atomic E-state index is 11.1. The lowest BCUT2D eigenvalue weighted by Gasteiger charge is -2.36. The van der Waals surface area contributed by atoms with E-state index in [0.717, 1.165) is 26.2 Å². The minimum absolute atomic E-state index is 0.203. The lowest BCUT2D eigenvalue weighted by atomic mass is 10.2. The second-order valence-corrected chi connectivity index (χ2v) is 5.09. The summed E-state index contributed by atoms with van der Waals surface area (Å²) < 4.78 is 0. The summed E-state index contributed by atoms with van der Waals surface area (Å²) in [6, 6.07) is 0.566. The molecular formula is C13H20N4O2. The average molecular weight is 264 g/mol. The molecule has 19 heavy (non-hydrogen) atoms. The molecule has 1 aromatic heterocycles. The van der Waals surface area contributed by atoms with Crippen LogP contribution in [0.15, 0.2) is 12.5 Å². The third-order valence-electron chi connectivity index (χ3n) is 3.54. The predicted octanol–water partition coefficient (Wildman–Crippen LogP) is 0.701. The highest BCUT2D eigenvalue weighted by molar-refractivity contribution is 5.88. The monoisotopic (exact) mass is 264 g/mol. The van der Waals surface area contributed by atoms with Gasteiger partial charge in [0, 0.05) is 45.0 Å². The van der Waals surface area contributed by atoms with E-state index < -0.39 is 5.97 Å². The summed E-state index contributed by atoms with van der Waals surface area (Å²) in [5.41, 5.74) is 0.800. The van der Waals surface area contributed by atoms with Crippen molar-refractivity contribution in [1.82, 2.24) is 19.8 Å². The summed E-state index contributed by atoms with van der Waals surface area (Å²) in [7, 11) is 0. The van der Waals surface area contributed by atoms with Gasteiger partial charge in [0.15, 0.2) is 0 Å². The van der Waals surface area contributed by atoms with Crippen molar-refractivity contribution >= 4 is 5.97 Å². The first-order valence-corrected chi connectivity index (χ1v) is 6.56. The Bertz CT molecular complexity index is 442. The van der Waals surface area contributed by atoms with Crippen LogP contribution in [0.25, 0.3) is 0 Å². The van der Waals surface area contributed by atoms with E-state index in [0.29, 0.717) is 18.3 Å². The van der Waals surface area contributed by atoms with Crippen LogP contribution in [0.3, 0.4) is 0 Å². The molecule has 1 aromatic rings. The van der Waals surface area contributed by atoms with E-state index in [1.165, 1.54) is 12.5 Å². The fourth-order valence-corrected chi connectivity index (χ4v) is 2.31. The van der Waals surface area contributed by atoms with Crippen LogP contribution >= 0.6 is 0 Å². The Morgan fingerprint density at radius 2 is 2.05 bits per heavy atom. The normalized spacial score (nSPS) is 17.8. The molecular weight excluding hydrogens is 244 g/mol. The third kappa shape index (κ3) is 3.48. The number of rotatable bonds is 4. The topological polar surface area (TPSA) is 69.6 Å². The van der Waals surface area contributed by atoms with Gasteiger partial charge in [0.1, 0.15) is 11.9 Å². The number of aromatic carboxylic acids is 1. The summed E-state index contributed by atoms with van der Waals surface area (Å²) in [6.07, 6.45) is 2.78. The minimum Gasteiger partial charge on any atom is -0.478 e. The van der Waals surface area contributed by atoms with Gasteiger partial charge in [0.05, 0.1) is 5.69 Å². The fraction of sp³-hybridized carbons (Fsp3) is 0.615. The molecule has 0 spiro atoms. The number of hydrogen-bond acceptors (Lipinski definition) is 5. The van der Waals surface area contributed by atoms with Gasteiger partial charge in [-0.15, -0.1) is 0 Å². The van der Waals surface area contributed by atoms with E-state index in [1.54, 1.807) is 0 Å². The van der Waals surface area contributed by atoms with Crippen LogP contribution in [0.4, 0.5) is 0 Å². The second-order valence-electron chi connectivity index (χ2n) is 5.09. The van der Waals surface area contributed by atoms with Gasteiger partial charge in [-0.3, -0.25) is 9.80 Å². The maximum Gasteiger partial charge on any atom is 0.339 e. The van der Waals surface area contributed by atoms with Crippen molar-refractivity contribution in [2.24, 2.45) is 0 Å². The average Bonchev–Trinajstić information content (AvgIpc) is 2.39. The van der Waals surface area contributed by atoms with Gasteiger partial charge in [0.25, 0.3) is 0 Å². The molecule has 0 saturated carbocycles. The first-order valence-electron chi connectivity index (χ1n) is 6.56. The summed E-state index contributed by atoms with van der Waals surface area (Å²) >= 11 is 0. The second kappa shape index (κ2) is 6.08. The zero-order valence-electron chi connectivity index (χ0n) is 11.4. The highest BCUT2D eigenvalue weighted by Crippen LogP contribution is 2.11. The zero-order valence-corrected chi connectivity index (χ0v) is 11.4. The number of aromatic nitrogens is 2. The van der Waals surface area contributed by atoms with Crippen LogP contribution in [0.5, 0.6) is 0 Å². The molecule has 104 valence electrons. The maximum absolute atomic E-state index is 11.1. The molecule has 0 radical (unpaired) electrons. The Morgan fingerprint density at radius 3 is 2.63 bits per heavy atom. The summed E-state index contributed by atoms with van der Waals surface area (Å²) in [6.45, 7) is 8.90. The van der Waals surface area contributed by atoms with Gasteiger partial charge in [-0.25, -0.2) is 14.8 Å². The van der Waals surface area contributed by atoms with E-state index in [2.05, 4.69) is 33.6 Å². The standard InChI is InChI=1S/C13H20N4O2/c1-10(2)17-5-3-16(4-6-17)8-12-11(13(18)19)7-14-9-15-12/h7,9-10H,3-6,8H2,1-2H3,(H,18,19). The smallest absolute Gasteiger partial charge is 0.339 e. The van der Waals surface area contributed by atoms with Crippen LogP contribution < -0.4 is 0 Å². The Hall–Kier alpha value is -1.53. The van der Waals surface area contributed by atoms with Crippen LogP contribution in [0.1, 0.15) is 29.9 Å². The van der Waals surface area contributed by atoms with Gasteiger partial charge in [-0.1, -0.05) is 0 Å². The van der Waals surface area contributed by atoms with Gasteiger partial charge in [0.2, 0.25) is 0 Å². The Kier molecular flexibility index (Phi) is 4.44. The Balaban J connectivity index is 1.98. The van der Waals surface area contributed by atoms with Crippen LogP contribution in [-0.4, -0.2) is 63.1 Å². The molecule has 1 aliphatic rings. The molecule has 1 aliphatic heterocycles. The van der Waals surface area contributed by atoms with Crippen LogP contribution in [0, 0.1) is 0 Å². The molecule has 0 unspecified atom stereocenters. The predicted molar refractivity (Wildman–Crippen MR) is 71.0 cm³/mol. The summed E-state index contributed by atoms with van der Waals surface area (Å²) in [5, 5.41) is 9.10. The third-order valence-corrected chi connectivity index (χ3v) is 3.54. The lowest BCUT2D eigenvalue weighted by Crippen LogP contribution is -2.48. The van der Waals surface area contributed by atoms with Gasteiger partial charge >= 0.3 is 5.97 Å². The number of piperazine rings is 1. The van der Waals surface area contributed by atoms with Crippen molar-refractivity contribution in [3.8, 4) is 0 Å². The Labute approximate surface area is 113 Å². The highest BCUT2D eigenvalue weighted by Gasteiger charge is 2.21. The highest BCUT2D eigenvalue weighted by atomic mass is 16.4. The van der Waals surface area contributed by atoms with Crippen molar-refractivity contribution < 1.29 is 9.90 Å². The molecule has 0 bridgehead atoms. The first-order chi connectivity index (χ1) is 9.08. The molecule has 6 nitrogen and oxygen atoms in total. The van der Waals surface area contributed by atoms with Gasteiger partial charge < -0.3 is 5.11 Å². The molecule has 2 heterocycles. The Morgan fingerprint density at radius 1 is 1.37 bits per heavy atom. The molecule has 0 aliphatic carbocycles. The van der Waals surface area contributed by atoms with Crippen molar-refractivity contribution in [2.75, 3.05) is 26.2 Å². The quantitative estimate of drug-likeness (QED) is 0.863. The summed E-state index contributed by atoms with van der Waals surface area (Å²) in [5.74, 6) is -0.962. The first kappa shape index (κ1) is 13.9. The number of carboxylic acids is 1. The molecule has 1 N–H and O–H groups in total. The number of hydrogen-bond donors (Lipinski definition) is 1. The SMILES string of the molecule is CC(C)N1CCN(Cc2ncncc2C(=O)O)CC1. The van der Waals surface area contributed by atoms with Gasteiger partial charge in [-0.05, 0) is 13.8 Å². The number of nitrogens with zero attached hydrogens (tertiary/aromatic N) is 4. The molecule has 1 saturated heterocycles. The molecule has 6 heteroatoms.